The second-order valence-corrected chi connectivity index (χ2v) is 7.14. The van der Waals surface area contributed by atoms with E-state index in [0.717, 1.165) is 11.4 Å². The minimum atomic E-state index is -2.96. The normalized spacial score (nSPS) is 13.1. The molecule has 1 N–H and O–H groups in total. The van der Waals surface area contributed by atoms with Gasteiger partial charge in [0.15, 0.2) is 9.84 Å². The van der Waals surface area contributed by atoms with Crippen molar-refractivity contribution in [2.45, 2.75) is 19.9 Å². The SMILES string of the molecule is CCS(=O)(=O)CC(C)Nc1ccc(-n2cccn2)cc1. The largest absolute Gasteiger partial charge is 0.382 e. The molecule has 0 radical (unpaired) electrons. The molecule has 1 unspecified atom stereocenters. The topological polar surface area (TPSA) is 64.0 Å². The van der Waals surface area contributed by atoms with Gasteiger partial charge in [0.1, 0.15) is 0 Å². The number of benzene rings is 1. The van der Waals surface area contributed by atoms with Gasteiger partial charge in [0.25, 0.3) is 0 Å². The molecule has 0 fully saturated rings. The first-order valence-electron chi connectivity index (χ1n) is 6.57. The lowest BCUT2D eigenvalue weighted by molar-refractivity contribution is 0.593. The lowest BCUT2D eigenvalue weighted by Crippen LogP contribution is -2.26. The molecule has 1 atom stereocenters. The molecule has 2 aromatic rings. The first-order chi connectivity index (χ1) is 9.50. The Morgan fingerprint density at radius 2 is 2.00 bits per heavy atom. The van der Waals surface area contributed by atoms with Crippen LogP contribution in [-0.4, -0.2) is 35.7 Å². The fraction of sp³-hybridized carbons (Fsp3) is 0.357. The maximum atomic E-state index is 11.6. The lowest BCUT2D eigenvalue weighted by Gasteiger charge is -2.15. The van der Waals surface area contributed by atoms with Crippen LogP contribution in [0.5, 0.6) is 0 Å². The van der Waals surface area contributed by atoms with Crippen molar-refractivity contribution in [2.75, 3.05) is 16.8 Å². The second kappa shape index (κ2) is 6.09. The molecule has 1 aromatic heterocycles. The van der Waals surface area contributed by atoms with Gasteiger partial charge in [-0.15, -0.1) is 0 Å². The van der Waals surface area contributed by atoms with Gasteiger partial charge in [0.05, 0.1) is 11.4 Å². The zero-order valence-corrected chi connectivity index (χ0v) is 12.5. The third kappa shape index (κ3) is 3.84. The summed E-state index contributed by atoms with van der Waals surface area (Å²) in [5, 5.41) is 7.35. The van der Waals surface area contributed by atoms with Crippen molar-refractivity contribution in [2.24, 2.45) is 0 Å². The molecule has 20 heavy (non-hydrogen) atoms. The van der Waals surface area contributed by atoms with Crippen molar-refractivity contribution in [1.82, 2.24) is 9.78 Å². The van der Waals surface area contributed by atoms with Crippen LogP contribution in [0.3, 0.4) is 0 Å². The first-order valence-corrected chi connectivity index (χ1v) is 8.39. The molecule has 2 rings (SSSR count). The Balaban J connectivity index is 2.01. The monoisotopic (exact) mass is 293 g/mol. The van der Waals surface area contributed by atoms with Crippen molar-refractivity contribution in [1.29, 1.82) is 0 Å². The maximum Gasteiger partial charge on any atom is 0.152 e. The fourth-order valence-corrected chi connectivity index (χ4v) is 3.04. The molecular formula is C14H19N3O2S. The van der Waals surface area contributed by atoms with E-state index in [1.54, 1.807) is 17.8 Å². The van der Waals surface area contributed by atoms with Gasteiger partial charge in [-0.25, -0.2) is 13.1 Å². The molecule has 1 aromatic carbocycles. The van der Waals surface area contributed by atoms with Crippen molar-refractivity contribution >= 4 is 15.5 Å². The summed E-state index contributed by atoms with van der Waals surface area (Å²) in [5.41, 5.74) is 1.87. The number of sulfone groups is 1. The second-order valence-electron chi connectivity index (χ2n) is 4.74. The standard InChI is InChI=1S/C14H19N3O2S/c1-3-20(18,19)11-12(2)16-13-5-7-14(8-6-13)17-10-4-9-15-17/h4-10,12,16H,3,11H2,1-2H3. The molecule has 1 heterocycles. The number of hydrogen-bond donors (Lipinski definition) is 1. The minimum absolute atomic E-state index is 0.115. The molecule has 0 aliphatic rings. The van der Waals surface area contributed by atoms with Gasteiger partial charge < -0.3 is 5.32 Å². The number of anilines is 1. The molecule has 0 aliphatic heterocycles. The number of rotatable bonds is 6. The van der Waals surface area contributed by atoms with Gasteiger partial charge in [0.2, 0.25) is 0 Å². The first kappa shape index (κ1) is 14.6. The van der Waals surface area contributed by atoms with Crippen LogP contribution in [0, 0.1) is 0 Å². The summed E-state index contributed by atoms with van der Waals surface area (Å²) in [6.45, 7) is 3.54. The Bertz CT molecular complexity index is 634. The van der Waals surface area contributed by atoms with E-state index in [4.69, 9.17) is 0 Å². The molecule has 0 aliphatic carbocycles. The van der Waals surface area contributed by atoms with E-state index in [9.17, 15) is 8.42 Å². The summed E-state index contributed by atoms with van der Waals surface area (Å²) >= 11 is 0. The molecule has 108 valence electrons. The van der Waals surface area contributed by atoms with Crippen LogP contribution in [0.4, 0.5) is 5.69 Å². The third-order valence-electron chi connectivity index (χ3n) is 2.99. The molecule has 6 heteroatoms. The van der Waals surface area contributed by atoms with Gasteiger partial charge in [-0.1, -0.05) is 6.92 Å². The quantitative estimate of drug-likeness (QED) is 0.886. The predicted molar refractivity (Wildman–Crippen MR) is 81.0 cm³/mol. The van der Waals surface area contributed by atoms with Crippen LogP contribution in [0.25, 0.3) is 5.69 Å². The van der Waals surface area contributed by atoms with Gasteiger partial charge in [-0.2, -0.15) is 5.10 Å². The molecule has 0 saturated carbocycles. The van der Waals surface area contributed by atoms with Gasteiger partial charge in [-0.3, -0.25) is 0 Å². The van der Waals surface area contributed by atoms with Crippen LogP contribution in [0.2, 0.25) is 0 Å². The van der Waals surface area contributed by atoms with E-state index in [-0.39, 0.29) is 17.5 Å². The summed E-state index contributed by atoms with van der Waals surface area (Å²) in [7, 11) is -2.96. The summed E-state index contributed by atoms with van der Waals surface area (Å²) < 4.78 is 24.9. The van der Waals surface area contributed by atoms with Crippen LogP contribution in [0.1, 0.15) is 13.8 Å². The van der Waals surface area contributed by atoms with E-state index >= 15 is 0 Å². The van der Waals surface area contributed by atoms with E-state index in [0.29, 0.717) is 0 Å². The molecular weight excluding hydrogens is 274 g/mol. The molecule has 0 amide bonds. The fourth-order valence-electron chi connectivity index (χ4n) is 1.96. The Hall–Kier alpha value is -1.82. The Morgan fingerprint density at radius 3 is 2.55 bits per heavy atom. The lowest BCUT2D eigenvalue weighted by atomic mass is 10.2. The minimum Gasteiger partial charge on any atom is -0.382 e. The molecule has 0 bridgehead atoms. The number of aromatic nitrogens is 2. The number of nitrogens with zero attached hydrogens (tertiary/aromatic N) is 2. The number of hydrogen-bond acceptors (Lipinski definition) is 4. The van der Waals surface area contributed by atoms with Crippen LogP contribution in [0.15, 0.2) is 42.7 Å². The van der Waals surface area contributed by atoms with Gasteiger partial charge >= 0.3 is 0 Å². The van der Waals surface area contributed by atoms with E-state index in [1.165, 1.54) is 0 Å². The highest BCUT2D eigenvalue weighted by Crippen LogP contribution is 2.14. The van der Waals surface area contributed by atoms with Gasteiger partial charge in [-0.05, 0) is 37.3 Å². The Labute approximate surface area is 119 Å². The predicted octanol–water partition coefficient (Wildman–Crippen LogP) is 2.11. The van der Waals surface area contributed by atoms with E-state index in [1.807, 2.05) is 43.5 Å². The van der Waals surface area contributed by atoms with Crippen LogP contribution in [-0.2, 0) is 9.84 Å². The summed E-state index contributed by atoms with van der Waals surface area (Å²) in [6.07, 6.45) is 3.60. The highest BCUT2D eigenvalue weighted by molar-refractivity contribution is 7.91. The van der Waals surface area contributed by atoms with Crippen molar-refractivity contribution in [3.8, 4) is 5.69 Å². The highest BCUT2D eigenvalue weighted by atomic mass is 32.2. The van der Waals surface area contributed by atoms with Crippen molar-refractivity contribution < 1.29 is 8.42 Å². The maximum absolute atomic E-state index is 11.6. The smallest absolute Gasteiger partial charge is 0.152 e. The molecule has 0 saturated heterocycles. The summed E-state index contributed by atoms with van der Waals surface area (Å²) in [6, 6.07) is 9.48. The average molecular weight is 293 g/mol. The van der Waals surface area contributed by atoms with Crippen molar-refractivity contribution in [3.05, 3.63) is 42.7 Å². The summed E-state index contributed by atoms with van der Waals surface area (Å²) in [4.78, 5) is 0. The van der Waals surface area contributed by atoms with E-state index < -0.39 is 9.84 Å². The zero-order valence-electron chi connectivity index (χ0n) is 11.7. The highest BCUT2D eigenvalue weighted by Gasteiger charge is 2.13. The average Bonchev–Trinajstić information content (AvgIpc) is 2.93. The number of nitrogens with one attached hydrogen (secondary N) is 1. The zero-order chi connectivity index (χ0) is 14.6. The van der Waals surface area contributed by atoms with Crippen molar-refractivity contribution in [3.63, 3.8) is 0 Å². The molecule has 5 nitrogen and oxygen atoms in total. The van der Waals surface area contributed by atoms with Crippen LogP contribution < -0.4 is 5.32 Å². The van der Waals surface area contributed by atoms with Crippen LogP contribution >= 0.6 is 0 Å². The van der Waals surface area contributed by atoms with Gasteiger partial charge in [0, 0.05) is 29.9 Å². The third-order valence-corrected chi connectivity index (χ3v) is 4.88. The Morgan fingerprint density at radius 1 is 1.30 bits per heavy atom. The Kier molecular flexibility index (Phi) is 4.44. The van der Waals surface area contributed by atoms with E-state index in [2.05, 4.69) is 10.4 Å². The molecule has 0 spiro atoms. The summed E-state index contributed by atoms with van der Waals surface area (Å²) in [5.74, 6) is 0.321.